The highest BCUT2D eigenvalue weighted by Gasteiger charge is 2.29. The minimum atomic E-state index is -0.428. The van der Waals surface area contributed by atoms with E-state index in [0.29, 0.717) is 31.0 Å². The van der Waals surface area contributed by atoms with Gasteiger partial charge in [0.05, 0.1) is 17.3 Å². The highest BCUT2D eigenvalue weighted by atomic mass is 32.1. The number of hydrogen-bond acceptors (Lipinski definition) is 6. The van der Waals surface area contributed by atoms with Gasteiger partial charge in [-0.25, -0.2) is 4.98 Å². The van der Waals surface area contributed by atoms with Crippen LogP contribution in [0.3, 0.4) is 0 Å². The molecule has 0 spiro atoms. The standard InChI is InChI=1S/C16H19N3O3S/c17-7-14-4-5-15(22-14)16(20)19-11-2-1-3-13(6-11)21-8-12-9-23-10-18-12/h1-3,6,9-10,14-15H,4-5,7-8,17H2,(H,19,20)/t14-,15+/m1/s1. The molecule has 122 valence electrons. The fourth-order valence-electron chi connectivity index (χ4n) is 2.42. The van der Waals surface area contributed by atoms with E-state index in [4.69, 9.17) is 15.2 Å². The van der Waals surface area contributed by atoms with Crippen LogP contribution in [0.4, 0.5) is 5.69 Å². The number of benzene rings is 1. The number of rotatable bonds is 6. The number of anilines is 1. The van der Waals surface area contributed by atoms with Crippen molar-refractivity contribution < 1.29 is 14.3 Å². The van der Waals surface area contributed by atoms with Gasteiger partial charge in [-0.3, -0.25) is 4.79 Å². The number of thiazole rings is 1. The van der Waals surface area contributed by atoms with Crippen molar-refractivity contribution in [2.24, 2.45) is 5.73 Å². The summed E-state index contributed by atoms with van der Waals surface area (Å²) in [5.74, 6) is 0.542. The van der Waals surface area contributed by atoms with Crippen molar-refractivity contribution in [3.63, 3.8) is 0 Å². The molecule has 3 rings (SSSR count). The molecular formula is C16H19N3O3S. The monoisotopic (exact) mass is 333 g/mol. The normalized spacial score (nSPS) is 20.4. The van der Waals surface area contributed by atoms with Crippen LogP contribution in [-0.4, -0.2) is 29.6 Å². The minimum Gasteiger partial charge on any atom is -0.487 e. The van der Waals surface area contributed by atoms with E-state index in [1.54, 1.807) is 11.6 Å². The average Bonchev–Trinajstić information content (AvgIpc) is 3.25. The van der Waals surface area contributed by atoms with Gasteiger partial charge in [-0.15, -0.1) is 11.3 Å². The number of carbonyl (C=O) groups is 1. The van der Waals surface area contributed by atoms with E-state index in [2.05, 4.69) is 10.3 Å². The van der Waals surface area contributed by atoms with Gasteiger partial charge in [0.1, 0.15) is 18.5 Å². The Morgan fingerprint density at radius 1 is 1.48 bits per heavy atom. The number of nitrogens with one attached hydrogen (secondary N) is 1. The van der Waals surface area contributed by atoms with Crippen molar-refractivity contribution in [2.75, 3.05) is 11.9 Å². The second-order valence-corrected chi connectivity index (χ2v) is 6.06. The molecule has 1 saturated heterocycles. The Hall–Kier alpha value is -1.96. The summed E-state index contributed by atoms with van der Waals surface area (Å²) in [5, 5.41) is 4.81. The fraction of sp³-hybridized carbons (Fsp3) is 0.375. The van der Waals surface area contributed by atoms with Gasteiger partial charge in [0, 0.05) is 23.7 Å². The molecule has 0 saturated carbocycles. The highest BCUT2D eigenvalue weighted by Crippen LogP contribution is 2.22. The van der Waals surface area contributed by atoms with E-state index in [-0.39, 0.29) is 12.0 Å². The molecule has 0 aliphatic carbocycles. The van der Waals surface area contributed by atoms with E-state index >= 15 is 0 Å². The zero-order valence-corrected chi connectivity index (χ0v) is 13.4. The summed E-state index contributed by atoms with van der Waals surface area (Å²) >= 11 is 1.53. The molecule has 1 aromatic carbocycles. The van der Waals surface area contributed by atoms with Crippen LogP contribution in [0.5, 0.6) is 5.75 Å². The van der Waals surface area contributed by atoms with Gasteiger partial charge < -0.3 is 20.5 Å². The molecule has 23 heavy (non-hydrogen) atoms. The maximum absolute atomic E-state index is 12.2. The Morgan fingerprint density at radius 2 is 2.39 bits per heavy atom. The Bertz CT molecular complexity index is 648. The first-order valence-electron chi connectivity index (χ1n) is 7.51. The third-order valence-electron chi connectivity index (χ3n) is 3.63. The van der Waals surface area contributed by atoms with Crippen molar-refractivity contribution in [1.29, 1.82) is 0 Å². The summed E-state index contributed by atoms with van der Waals surface area (Å²) in [4.78, 5) is 16.4. The van der Waals surface area contributed by atoms with Crippen LogP contribution in [0.1, 0.15) is 18.5 Å². The first-order valence-corrected chi connectivity index (χ1v) is 8.45. The molecule has 0 radical (unpaired) electrons. The summed E-state index contributed by atoms with van der Waals surface area (Å²) in [6, 6.07) is 7.30. The van der Waals surface area contributed by atoms with Gasteiger partial charge in [-0.2, -0.15) is 0 Å². The zero-order valence-electron chi connectivity index (χ0n) is 12.6. The first-order chi connectivity index (χ1) is 11.2. The third-order valence-corrected chi connectivity index (χ3v) is 4.27. The Kier molecular flexibility index (Phi) is 5.22. The van der Waals surface area contributed by atoms with Gasteiger partial charge in [-0.05, 0) is 25.0 Å². The lowest BCUT2D eigenvalue weighted by Crippen LogP contribution is -2.29. The lowest BCUT2D eigenvalue weighted by Gasteiger charge is -2.13. The molecule has 2 atom stereocenters. The van der Waals surface area contributed by atoms with Crippen molar-refractivity contribution in [3.05, 3.63) is 40.8 Å². The molecule has 1 aliphatic heterocycles. The van der Waals surface area contributed by atoms with Crippen LogP contribution < -0.4 is 15.8 Å². The summed E-state index contributed by atoms with van der Waals surface area (Å²) in [6.45, 7) is 0.856. The Balaban J connectivity index is 1.55. The first kappa shape index (κ1) is 15.9. The number of amides is 1. The van der Waals surface area contributed by atoms with E-state index in [0.717, 1.165) is 12.1 Å². The maximum Gasteiger partial charge on any atom is 0.253 e. The summed E-state index contributed by atoms with van der Waals surface area (Å²) in [6.07, 6.45) is 1.08. The molecule has 6 nitrogen and oxygen atoms in total. The van der Waals surface area contributed by atoms with E-state index in [9.17, 15) is 4.79 Å². The van der Waals surface area contributed by atoms with E-state index in [1.807, 2.05) is 23.6 Å². The largest absolute Gasteiger partial charge is 0.487 e. The smallest absolute Gasteiger partial charge is 0.253 e. The van der Waals surface area contributed by atoms with Gasteiger partial charge in [-0.1, -0.05) is 6.07 Å². The molecular weight excluding hydrogens is 314 g/mol. The van der Waals surface area contributed by atoms with E-state index < -0.39 is 6.10 Å². The number of hydrogen-bond donors (Lipinski definition) is 2. The van der Waals surface area contributed by atoms with Crippen LogP contribution >= 0.6 is 11.3 Å². The molecule has 1 aromatic heterocycles. The molecule has 3 N–H and O–H groups in total. The van der Waals surface area contributed by atoms with Gasteiger partial charge in [0.15, 0.2) is 0 Å². The van der Waals surface area contributed by atoms with Crippen molar-refractivity contribution >= 4 is 22.9 Å². The second-order valence-electron chi connectivity index (χ2n) is 5.35. The van der Waals surface area contributed by atoms with Crippen LogP contribution in [0.25, 0.3) is 0 Å². The molecule has 7 heteroatoms. The molecule has 0 bridgehead atoms. The van der Waals surface area contributed by atoms with Crippen molar-refractivity contribution in [1.82, 2.24) is 4.98 Å². The topological polar surface area (TPSA) is 86.5 Å². The maximum atomic E-state index is 12.2. The Morgan fingerprint density at radius 3 is 3.13 bits per heavy atom. The second kappa shape index (κ2) is 7.54. The lowest BCUT2D eigenvalue weighted by molar-refractivity contribution is -0.126. The summed E-state index contributed by atoms with van der Waals surface area (Å²) < 4.78 is 11.3. The molecule has 2 aromatic rings. The predicted octanol–water partition coefficient (Wildman–Crippen LogP) is 2.17. The number of nitrogens with two attached hydrogens (primary N) is 1. The van der Waals surface area contributed by atoms with Crippen molar-refractivity contribution in [3.8, 4) is 5.75 Å². The number of nitrogens with zero attached hydrogens (tertiary/aromatic N) is 1. The Labute approximate surface area is 138 Å². The van der Waals surface area contributed by atoms with Gasteiger partial charge in [0.2, 0.25) is 0 Å². The van der Waals surface area contributed by atoms with Gasteiger partial charge in [0.25, 0.3) is 5.91 Å². The van der Waals surface area contributed by atoms with Crippen molar-refractivity contribution in [2.45, 2.75) is 31.7 Å². The number of ether oxygens (including phenoxy) is 2. The predicted molar refractivity (Wildman–Crippen MR) is 88.5 cm³/mol. The number of carbonyl (C=O) groups excluding carboxylic acids is 1. The molecule has 1 amide bonds. The van der Waals surface area contributed by atoms with Gasteiger partial charge >= 0.3 is 0 Å². The third kappa shape index (κ3) is 4.28. The lowest BCUT2D eigenvalue weighted by atomic mass is 10.2. The minimum absolute atomic E-state index is 0.0153. The molecule has 1 aliphatic rings. The fourth-order valence-corrected chi connectivity index (χ4v) is 2.97. The van der Waals surface area contributed by atoms with Crippen LogP contribution in [0.2, 0.25) is 0 Å². The molecule has 2 heterocycles. The van der Waals surface area contributed by atoms with E-state index in [1.165, 1.54) is 11.3 Å². The quantitative estimate of drug-likeness (QED) is 0.846. The van der Waals surface area contributed by atoms with Crippen LogP contribution in [-0.2, 0) is 16.1 Å². The van der Waals surface area contributed by atoms with Crippen LogP contribution in [0, 0.1) is 0 Å². The summed E-state index contributed by atoms with van der Waals surface area (Å²) in [7, 11) is 0. The number of aromatic nitrogens is 1. The highest BCUT2D eigenvalue weighted by molar-refractivity contribution is 7.07. The molecule has 0 unspecified atom stereocenters. The average molecular weight is 333 g/mol. The molecule has 1 fully saturated rings. The summed E-state index contributed by atoms with van der Waals surface area (Å²) in [5.41, 5.74) is 8.91. The zero-order chi connectivity index (χ0) is 16.1. The van der Waals surface area contributed by atoms with Crippen LogP contribution in [0.15, 0.2) is 35.2 Å². The SMILES string of the molecule is NC[C@H]1CC[C@@H](C(=O)Nc2cccc(OCc3cscn3)c2)O1.